The Morgan fingerprint density at radius 3 is 1.75 bits per heavy atom. The van der Waals surface area contributed by atoms with Gasteiger partial charge in [0, 0.05) is 14.9 Å². The van der Waals surface area contributed by atoms with E-state index in [0.29, 0.717) is 10.0 Å². The molecule has 0 N–H and O–H groups in total. The average molecular weight is 223 g/mol. The van der Waals surface area contributed by atoms with Gasteiger partial charge in [-0.15, -0.1) is 11.8 Å². The second-order valence-corrected chi connectivity index (χ2v) is 3.56. The first kappa shape index (κ1) is 12.2. The lowest BCUT2D eigenvalue weighted by molar-refractivity contribution is 1.47. The predicted octanol–water partition coefficient (Wildman–Crippen LogP) is 4.74. The maximum atomic E-state index is 5.73. The summed E-state index contributed by atoms with van der Waals surface area (Å²) in [5.74, 6) is 0. The molecule has 3 heteroatoms. The topological polar surface area (TPSA) is 0 Å². The molecule has 1 rings (SSSR count). The Kier molecular flexibility index (Phi) is 6.73. The van der Waals surface area contributed by atoms with Crippen molar-refractivity contribution in [3.63, 3.8) is 0 Å². The van der Waals surface area contributed by atoms with Gasteiger partial charge < -0.3 is 0 Å². The molecule has 0 nitrogen and oxygen atoms in total. The smallest absolute Gasteiger partial charge is 0.0431 e. The Morgan fingerprint density at radius 1 is 1.00 bits per heavy atom. The van der Waals surface area contributed by atoms with Crippen LogP contribution in [0.5, 0.6) is 0 Å². The Morgan fingerprint density at radius 2 is 1.42 bits per heavy atom. The van der Waals surface area contributed by atoms with Gasteiger partial charge in [0.05, 0.1) is 0 Å². The predicted molar refractivity (Wildman–Crippen MR) is 59.6 cm³/mol. The fraction of sp³-hybridized carbons (Fsp3) is 0.333. The largest absolute Gasteiger partial charge is 0.129 e. The molecule has 0 unspecified atom stereocenters. The summed E-state index contributed by atoms with van der Waals surface area (Å²) in [5.41, 5.74) is 0. The third kappa shape index (κ3) is 4.24. The van der Waals surface area contributed by atoms with E-state index in [4.69, 9.17) is 23.2 Å². The second-order valence-electron chi connectivity index (χ2n) is 1.81. The molecule has 0 aliphatic heterocycles. The van der Waals surface area contributed by atoms with Crippen LogP contribution in [-0.4, -0.2) is 6.26 Å². The summed E-state index contributed by atoms with van der Waals surface area (Å²) in [7, 11) is 0. The first-order chi connectivity index (χ1) is 5.72. The molecule has 1 aromatic rings. The SMILES string of the molecule is CC.CSc1cc(Cl)cc(Cl)c1. The van der Waals surface area contributed by atoms with Gasteiger partial charge in [-0.2, -0.15) is 0 Å². The number of hydrogen-bond acceptors (Lipinski definition) is 1. The Balaban J connectivity index is 0.000000561. The van der Waals surface area contributed by atoms with Crippen molar-refractivity contribution in [3.05, 3.63) is 28.2 Å². The molecule has 0 aromatic heterocycles. The van der Waals surface area contributed by atoms with Crippen molar-refractivity contribution < 1.29 is 0 Å². The number of benzene rings is 1. The van der Waals surface area contributed by atoms with Crippen LogP contribution in [0.3, 0.4) is 0 Å². The highest BCUT2D eigenvalue weighted by atomic mass is 35.5. The summed E-state index contributed by atoms with van der Waals surface area (Å²) < 4.78 is 0. The lowest BCUT2D eigenvalue weighted by Crippen LogP contribution is -1.70. The third-order valence-electron chi connectivity index (χ3n) is 1.07. The molecule has 0 aliphatic carbocycles. The fourth-order valence-electron chi connectivity index (χ4n) is 0.646. The van der Waals surface area contributed by atoms with Gasteiger partial charge in [0.15, 0.2) is 0 Å². The van der Waals surface area contributed by atoms with Crippen LogP contribution in [0.2, 0.25) is 10.0 Å². The third-order valence-corrected chi connectivity index (χ3v) is 2.22. The maximum absolute atomic E-state index is 5.73. The lowest BCUT2D eigenvalue weighted by Gasteiger charge is -1.96. The van der Waals surface area contributed by atoms with Crippen molar-refractivity contribution in [3.8, 4) is 0 Å². The summed E-state index contributed by atoms with van der Waals surface area (Å²) in [4.78, 5) is 1.09. The van der Waals surface area contributed by atoms with Gasteiger partial charge in [0.2, 0.25) is 0 Å². The van der Waals surface area contributed by atoms with Crippen LogP contribution in [0.15, 0.2) is 23.1 Å². The number of thioether (sulfide) groups is 1. The average Bonchev–Trinajstić information content (AvgIpc) is 2.06. The second kappa shape index (κ2) is 6.64. The van der Waals surface area contributed by atoms with E-state index in [-0.39, 0.29) is 0 Å². The van der Waals surface area contributed by atoms with Crippen molar-refractivity contribution in [2.45, 2.75) is 18.7 Å². The lowest BCUT2D eigenvalue weighted by atomic mass is 10.4. The molecule has 0 atom stereocenters. The minimum absolute atomic E-state index is 0.692. The molecule has 0 radical (unpaired) electrons. The van der Waals surface area contributed by atoms with E-state index in [0.717, 1.165) is 4.90 Å². The summed E-state index contributed by atoms with van der Waals surface area (Å²) in [5, 5.41) is 1.38. The first-order valence-electron chi connectivity index (χ1n) is 3.72. The quantitative estimate of drug-likeness (QED) is 0.619. The van der Waals surface area contributed by atoms with Crippen LogP contribution >= 0.6 is 35.0 Å². The summed E-state index contributed by atoms with van der Waals surface area (Å²) >= 11 is 13.1. The van der Waals surface area contributed by atoms with Crippen LogP contribution in [0, 0.1) is 0 Å². The zero-order valence-corrected chi connectivity index (χ0v) is 9.72. The zero-order valence-electron chi connectivity index (χ0n) is 7.40. The molecular weight excluding hydrogens is 211 g/mol. The molecule has 0 spiro atoms. The molecule has 0 saturated carbocycles. The molecule has 0 fully saturated rings. The van der Waals surface area contributed by atoms with Crippen molar-refractivity contribution in [2.24, 2.45) is 0 Å². The summed E-state index contributed by atoms with van der Waals surface area (Å²) in [6.45, 7) is 4.00. The van der Waals surface area contributed by atoms with E-state index in [1.54, 1.807) is 17.8 Å². The van der Waals surface area contributed by atoms with E-state index in [1.165, 1.54) is 0 Å². The molecule has 68 valence electrons. The van der Waals surface area contributed by atoms with E-state index in [9.17, 15) is 0 Å². The standard InChI is InChI=1S/C7H6Cl2S.C2H6/c1-10-7-3-5(8)2-6(9)4-7;1-2/h2-4H,1H3;1-2H3. The van der Waals surface area contributed by atoms with E-state index in [2.05, 4.69) is 0 Å². The Bertz CT molecular complexity index is 216. The maximum Gasteiger partial charge on any atom is 0.0431 e. The highest BCUT2D eigenvalue weighted by molar-refractivity contribution is 7.98. The van der Waals surface area contributed by atoms with Gasteiger partial charge in [-0.25, -0.2) is 0 Å². The zero-order chi connectivity index (χ0) is 9.56. The van der Waals surface area contributed by atoms with Crippen molar-refractivity contribution in [1.29, 1.82) is 0 Å². The van der Waals surface area contributed by atoms with Gasteiger partial charge in [-0.05, 0) is 24.5 Å². The molecule has 0 heterocycles. The molecular formula is C9H12Cl2S. The number of rotatable bonds is 1. The van der Waals surface area contributed by atoms with Crippen LogP contribution in [-0.2, 0) is 0 Å². The minimum atomic E-state index is 0.692. The van der Waals surface area contributed by atoms with Crippen LogP contribution in [0.25, 0.3) is 0 Å². The van der Waals surface area contributed by atoms with Crippen molar-refractivity contribution in [1.82, 2.24) is 0 Å². The number of hydrogen-bond donors (Lipinski definition) is 0. The highest BCUT2D eigenvalue weighted by Crippen LogP contribution is 2.24. The Hall–Kier alpha value is 0.150. The monoisotopic (exact) mass is 222 g/mol. The molecule has 12 heavy (non-hydrogen) atoms. The number of halogens is 2. The minimum Gasteiger partial charge on any atom is -0.129 e. The molecule has 1 aromatic carbocycles. The van der Waals surface area contributed by atoms with E-state index < -0.39 is 0 Å². The molecule has 0 saturated heterocycles. The van der Waals surface area contributed by atoms with Gasteiger partial charge >= 0.3 is 0 Å². The van der Waals surface area contributed by atoms with Crippen LogP contribution in [0.4, 0.5) is 0 Å². The Labute approximate surface area is 88.3 Å². The van der Waals surface area contributed by atoms with Gasteiger partial charge in [0.25, 0.3) is 0 Å². The molecule has 0 bridgehead atoms. The van der Waals surface area contributed by atoms with Gasteiger partial charge in [-0.3, -0.25) is 0 Å². The molecule has 0 amide bonds. The van der Waals surface area contributed by atoms with Crippen molar-refractivity contribution >= 4 is 35.0 Å². The van der Waals surface area contributed by atoms with Crippen molar-refractivity contribution in [2.75, 3.05) is 6.26 Å². The van der Waals surface area contributed by atoms with Gasteiger partial charge in [0.1, 0.15) is 0 Å². The molecule has 0 aliphatic rings. The van der Waals surface area contributed by atoms with E-state index >= 15 is 0 Å². The first-order valence-corrected chi connectivity index (χ1v) is 5.70. The normalized spacial score (nSPS) is 8.75. The highest BCUT2D eigenvalue weighted by Gasteiger charge is 1.94. The summed E-state index contributed by atoms with van der Waals surface area (Å²) in [6, 6.07) is 5.50. The fourth-order valence-corrected chi connectivity index (χ4v) is 1.79. The van der Waals surface area contributed by atoms with Crippen LogP contribution in [0.1, 0.15) is 13.8 Å². The summed E-state index contributed by atoms with van der Waals surface area (Å²) in [6.07, 6.45) is 1.99. The van der Waals surface area contributed by atoms with Gasteiger partial charge in [-0.1, -0.05) is 37.0 Å². The van der Waals surface area contributed by atoms with E-state index in [1.807, 2.05) is 32.2 Å². The van der Waals surface area contributed by atoms with Crippen LogP contribution < -0.4 is 0 Å².